The summed E-state index contributed by atoms with van der Waals surface area (Å²) < 4.78 is 0. The van der Waals surface area contributed by atoms with Gasteiger partial charge in [0.15, 0.2) is 5.60 Å². The second kappa shape index (κ2) is 8.26. The van der Waals surface area contributed by atoms with Gasteiger partial charge in [0.2, 0.25) is 5.91 Å². The van der Waals surface area contributed by atoms with Gasteiger partial charge in [-0.2, -0.15) is 0 Å². The first-order chi connectivity index (χ1) is 11.5. The Morgan fingerprint density at radius 3 is 1.88 bits per heavy atom. The van der Waals surface area contributed by atoms with Gasteiger partial charge in [-0.3, -0.25) is 9.59 Å². The molecule has 0 spiro atoms. The van der Waals surface area contributed by atoms with Crippen LogP contribution in [-0.2, 0) is 15.2 Å². The summed E-state index contributed by atoms with van der Waals surface area (Å²) >= 11 is 0. The van der Waals surface area contributed by atoms with Crippen LogP contribution in [0.1, 0.15) is 30.4 Å². The molecule has 2 rings (SSSR count). The van der Waals surface area contributed by atoms with Crippen molar-refractivity contribution in [1.29, 1.82) is 0 Å². The first kappa shape index (κ1) is 17.7. The first-order valence-corrected chi connectivity index (χ1v) is 7.95. The van der Waals surface area contributed by atoms with Crippen molar-refractivity contribution < 1.29 is 14.7 Å². The summed E-state index contributed by atoms with van der Waals surface area (Å²) in [5.41, 5.74) is 4.34. The number of amides is 2. The van der Waals surface area contributed by atoms with Crippen LogP contribution in [0.4, 0.5) is 0 Å². The van der Waals surface area contributed by atoms with E-state index in [9.17, 15) is 14.7 Å². The number of aliphatic hydroxyl groups is 1. The number of hydrogen-bond acceptors (Lipinski definition) is 3. The molecule has 0 unspecified atom stereocenters. The van der Waals surface area contributed by atoms with Gasteiger partial charge in [-0.05, 0) is 24.0 Å². The van der Waals surface area contributed by atoms with Crippen LogP contribution in [0.2, 0.25) is 0 Å². The standard InChI is InChI=1S/C19H22N2O3/c20-17(22)13-7-8-14-21-18(23)19(24,15-9-3-1-4-10-15)16-11-5-2-6-12-16/h1-6,9-12,24H,7-8,13-14H2,(H2,20,22)(H,21,23). The number of unbranched alkanes of at least 4 members (excludes halogenated alkanes) is 1. The number of carbonyl (C=O) groups excluding carboxylic acids is 2. The van der Waals surface area contributed by atoms with Crippen LogP contribution >= 0.6 is 0 Å². The predicted octanol–water partition coefficient (Wildman–Crippen LogP) is 1.69. The largest absolute Gasteiger partial charge is 0.372 e. The van der Waals surface area contributed by atoms with Gasteiger partial charge in [-0.25, -0.2) is 0 Å². The maximum atomic E-state index is 12.7. The van der Waals surface area contributed by atoms with Crippen molar-refractivity contribution >= 4 is 11.8 Å². The van der Waals surface area contributed by atoms with Gasteiger partial charge in [0.1, 0.15) is 0 Å². The van der Waals surface area contributed by atoms with Crippen molar-refractivity contribution in [3.8, 4) is 0 Å². The minimum Gasteiger partial charge on any atom is -0.372 e. The maximum Gasteiger partial charge on any atom is 0.261 e. The topological polar surface area (TPSA) is 92.4 Å². The summed E-state index contributed by atoms with van der Waals surface area (Å²) in [5, 5.41) is 13.9. The second-order valence-electron chi connectivity index (χ2n) is 5.62. The van der Waals surface area contributed by atoms with E-state index >= 15 is 0 Å². The van der Waals surface area contributed by atoms with Crippen LogP contribution in [0.5, 0.6) is 0 Å². The van der Waals surface area contributed by atoms with Gasteiger partial charge in [0.05, 0.1) is 0 Å². The Bertz CT molecular complexity index is 632. The van der Waals surface area contributed by atoms with E-state index in [1.165, 1.54) is 0 Å². The van der Waals surface area contributed by atoms with Crippen molar-refractivity contribution in [2.45, 2.75) is 24.9 Å². The second-order valence-corrected chi connectivity index (χ2v) is 5.62. The molecule has 2 aromatic rings. The molecule has 0 aliphatic heterocycles. The summed E-state index contributed by atoms with van der Waals surface area (Å²) in [6.07, 6.45) is 1.51. The number of nitrogens with one attached hydrogen (secondary N) is 1. The highest BCUT2D eigenvalue weighted by molar-refractivity contribution is 5.90. The molecule has 0 saturated heterocycles. The van der Waals surface area contributed by atoms with Crippen molar-refractivity contribution in [3.63, 3.8) is 0 Å². The van der Waals surface area contributed by atoms with Gasteiger partial charge in [0, 0.05) is 13.0 Å². The quantitative estimate of drug-likeness (QED) is 0.645. The zero-order valence-corrected chi connectivity index (χ0v) is 13.4. The van der Waals surface area contributed by atoms with Crippen LogP contribution in [-0.4, -0.2) is 23.5 Å². The Hall–Kier alpha value is -2.66. The summed E-state index contributed by atoms with van der Waals surface area (Å²) in [4.78, 5) is 23.4. The zero-order chi connectivity index (χ0) is 17.4. The van der Waals surface area contributed by atoms with Gasteiger partial charge in [-0.15, -0.1) is 0 Å². The summed E-state index contributed by atoms with van der Waals surface area (Å²) in [6.45, 7) is 0.369. The third-order valence-corrected chi connectivity index (χ3v) is 3.85. The lowest BCUT2D eigenvalue weighted by molar-refractivity contribution is -0.136. The molecule has 2 aromatic carbocycles. The SMILES string of the molecule is NC(=O)CCCCNC(=O)C(O)(c1ccccc1)c1ccccc1. The molecule has 5 heteroatoms. The van der Waals surface area contributed by atoms with Crippen molar-refractivity contribution in [2.24, 2.45) is 5.73 Å². The number of nitrogens with two attached hydrogens (primary N) is 1. The highest BCUT2D eigenvalue weighted by Crippen LogP contribution is 2.29. The summed E-state index contributed by atoms with van der Waals surface area (Å²) in [6, 6.07) is 17.7. The monoisotopic (exact) mass is 326 g/mol. The Kier molecular flexibility index (Phi) is 6.09. The average Bonchev–Trinajstić information content (AvgIpc) is 2.61. The van der Waals surface area contributed by atoms with E-state index in [1.807, 2.05) is 12.1 Å². The van der Waals surface area contributed by atoms with Crippen LogP contribution in [0, 0.1) is 0 Å². The first-order valence-electron chi connectivity index (χ1n) is 7.95. The minimum atomic E-state index is -1.76. The third-order valence-electron chi connectivity index (χ3n) is 3.85. The van der Waals surface area contributed by atoms with Crippen LogP contribution in [0.15, 0.2) is 60.7 Å². The van der Waals surface area contributed by atoms with Crippen molar-refractivity contribution in [3.05, 3.63) is 71.8 Å². The predicted molar refractivity (Wildman–Crippen MR) is 91.9 cm³/mol. The van der Waals surface area contributed by atoms with E-state index in [4.69, 9.17) is 5.73 Å². The molecule has 0 fully saturated rings. The zero-order valence-electron chi connectivity index (χ0n) is 13.4. The molecule has 0 aliphatic rings. The molecule has 0 aromatic heterocycles. The smallest absolute Gasteiger partial charge is 0.261 e. The van der Waals surface area contributed by atoms with E-state index in [2.05, 4.69) is 5.32 Å². The molecule has 4 N–H and O–H groups in total. The Morgan fingerprint density at radius 1 is 0.917 bits per heavy atom. The fourth-order valence-electron chi connectivity index (χ4n) is 2.54. The van der Waals surface area contributed by atoms with Gasteiger partial charge < -0.3 is 16.2 Å². The summed E-state index contributed by atoms with van der Waals surface area (Å²) in [5.74, 6) is -0.842. The fourth-order valence-corrected chi connectivity index (χ4v) is 2.54. The third kappa shape index (κ3) is 4.20. The van der Waals surface area contributed by atoms with Gasteiger partial charge in [0.25, 0.3) is 5.91 Å². The molecule has 0 heterocycles. The van der Waals surface area contributed by atoms with Crippen LogP contribution < -0.4 is 11.1 Å². The molecule has 0 atom stereocenters. The molecule has 24 heavy (non-hydrogen) atoms. The molecule has 0 saturated carbocycles. The normalized spacial score (nSPS) is 11.0. The number of primary amides is 1. The van der Waals surface area contributed by atoms with E-state index in [0.717, 1.165) is 0 Å². The number of carbonyl (C=O) groups is 2. The van der Waals surface area contributed by atoms with Gasteiger partial charge in [-0.1, -0.05) is 60.7 Å². The fraction of sp³-hybridized carbons (Fsp3) is 0.263. The van der Waals surface area contributed by atoms with Crippen LogP contribution in [0.3, 0.4) is 0 Å². The Balaban J connectivity index is 2.15. The van der Waals surface area contributed by atoms with Crippen LogP contribution in [0.25, 0.3) is 0 Å². The molecule has 0 bridgehead atoms. The van der Waals surface area contributed by atoms with E-state index in [-0.39, 0.29) is 12.3 Å². The Morgan fingerprint density at radius 2 is 1.42 bits per heavy atom. The molecular weight excluding hydrogens is 304 g/mol. The van der Waals surface area contributed by atoms with E-state index in [0.29, 0.717) is 30.5 Å². The van der Waals surface area contributed by atoms with E-state index in [1.54, 1.807) is 48.5 Å². The highest BCUT2D eigenvalue weighted by atomic mass is 16.3. The molecule has 126 valence electrons. The molecule has 5 nitrogen and oxygen atoms in total. The van der Waals surface area contributed by atoms with Crippen molar-refractivity contribution in [2.75, 3.05) is 6.54 Å². The minimum absolute atomic E-state index is 0.289. The van der Waals surface area contributed by atoms with Gasteiger partial charge >= 0.3 is 0 Å². The summed E-state index contributed by atoms with van der Waals surface area (Å²) in [7, 11) is 0. The lowest BCUT2D eigenvalue weighted by atomic mass is 9.85. The van der Waals surface area contributed by atoms with E-state index < -0.39 is 11.5 Å². The molecule has 0 radical (unpaired) electrons. The lowest BCUT2D eigenvalue weighted by Gasteiger charge is -2.28. The average molecular weight is 326 g/mol. The molecule has 0 aliphatic carbocycles. The number of benzene rings is 2. The van der Waals surface area contributed by atoms with Crippen molar-refractivity contribution in [1.82, 2.24) is 5.32 Å². The lowest BCUT2D eigenvalue weighted by Crippen LogP contribution is -2.45. The number of rotatable bonds is 8. The number of hydrogen-bond donors (Lipinski definition) is 3. The highest BCUT2D eigenvalue weighted by Gasteiger charge is 2.39. The molecule has 2 amide bonds. The Labute approximate surface area is 141 Å². The maximum absolute atomic E-state index is 12.7. The molecular formula is C19H22N2O3.